The van der Waals surface area contributed by atoms with Crippen molar-refractivity contribution in [2.24, 2.45) is 0 Å². The number of imidazole rings is 1. The fraction of sp³-hybridized carbons (Fsp3) is 0.391. The van der Waals surface area contributed by atoms with Gasteiger partial charge < -0.3 is 19.4 Å². The third kappa shape index (κ3) is 4.06. The van der Waals surface area contributed by atoms with Gasteiger partial charge >= 0.3 is 0 Å². The highest BCUT2D eigenvalue weighted by Crippen LogP contribution is 2.31. The molecule has 1 aliphatic rings. The first-order chi connectivity index (χ1) is 14.0. The third-order valence-electron chi connectivity index (χ3n) is 5.28. The Kier molecular flexibility index (Phi) is 5.43. The predicted molar refractivity (Wildman–Crippen MR) is 113 cm³/mol. The molecule has 1 atom stereocenters. The average Bonchev–Trinajstić information content (AvgIpc) is 3.17. The number of carbonyl (C=O) groups excluding carboxylic acids is 1. The number of aromatic amines is 1. The molecular weight excluding hydrogens is 366 g/mol. The van der Waals surface area contributed by atoms with E-state index in [1.807, 2.05) is 55.1 Å². The first-order valence-corrected chi connectivity index (χ1v) is 10.1. The molecule has 1 fully saturated rings. The SMILES string of the molecule is COc1cc(C(=O)N2CCC[C@H](c3nc4ccccc4[nH]3)C2)ccc1OC(C)C. The maximum atomic E-state index is 13.1. The van der Waals surface area contributed by atoms with Crippen LogP contribution in [-0.2, 0) is 0 Å². The molecule has 4 rings (SSSR count). The quantitative estimate of drug-likeness (QED) is 0.699. The van der Waals surface area contributed by atoms with Crippen LogP contribution in [0.3, 0.4) is 0 Å². The molecule has 1 amide bonds. The van der Waals surface area contributed by atoms with E-state index in [-0.39, 0.29) is 17.9 Å². The Labute approximate surface area is 170 Å². The number of rotatable bonds is 5. The summed E-state index contributed by atoms with van der Waals surface area (Å²) < 4.78 is 11.2. The summed E-state index contributed by atoms with van der Waals surface area (Å²) in [6.07, 6.45) is 2.02. The van der Waals surface area contributed by atoms with E-state index in [9.17, 15) is 4.79 Å². The van der Waals surface area contributed by atoms with E-state index in [0.717, 1.165) is 36.2 Å². The van der Waals surface area contributed by atoms with E-state index in [1.165, 1.54) is 0 Å². The van der Waals surface area contributed by atoms with Gasteiger partial charge in [-0.05, 0) is 57.0 Å². The lowest BCUT2D eigenvalue weighted by Gasteiger charge is -2.32. The van der Waals surface area contributed by atoms with Crippen molar-refractivity contribution in [3.8, 4) is 11.5 Å². The lowest BCUT2D eigenvalue weighted by molar-refractivity contribution is 0.0704. The first-order valence-electron chi connectivity index (χ1n) is 10.1. The first kappa shape index (κ1) is 19.3. The standard InChI is InChI=1S/C23H27N3O3/c1-15(2)29-20-11-10-16(13-21(20)28-3)23(27)26-12-6-7-17(14-26)22-24-18-8-4-5-9-19(18)25-22/h4-5,8-11,13,15,17H,6-7,12,14H2,1-3H3,(H,24,25)/t17-/m0/s1. The van der Waals surface area contributed by atoms with E-state index in [0.29, 0.717) is 23.6 Å². The number of carbonyl (C=O) groups is 1. The second kappa shape index (κ2) is 8.15. The molecule has 1 saturated heterocycles. The molecule has 0 spiro atoms. The maximum absolute atomic E-state index is 13.1. The summed E-state index contributed by atoms with van der Waals surface area (Å²) in [5, 5.41) is 0. The lowest BCUT2D eigenvalue weighted by atomic mass is 9.96. The molecule has 2 heterocycles. The summed E-state index contributed by atoms with van der Waals surface area (Å²) in [5.41, 5.74) is 2.62. The molecule has 3 aromatic rings. The number of hydrogen-bond donors (Lipinski definition) is 1. The maximum Gasteiger partial charge on any atom is 0.254 e. The number of aromatic nitrogens is 2. The molecule has 1 N–H and O–H groups in total. The van der Waals surface area contributed by atoms with Gasteiger partial charge in [-0.25, -0.2) is 4.98 Å². The fourth-order valence-corrected chi connectivity index (χ4v) is 3.89. The topological polar surface area (TPSA) is 67.5 Å². The van der Waals surface area contributed by atoms with Crippen LogP contribution in [0.4, 0.5) is 0 Å². The lowest BCUT2D eigenvalue weighted by Crippen LogP contribution is -2.39. The molecule has 0 radical (unpaired) electrons. The Morgan fingerprint density at radius 3 is 2.79 bits per heavy atom. The van der Waals surface area contributed by atoms with Crippen LogP contribution in [0.2, 0.25) is 0 Å². The van der Waals surface area contributed by atoms with Crippen LogP contribution in [0.15, 0.2) is 42.5 Å². The van der Waals surface area contributed by atoms with Crippen LogP contribution in [-0.4, -0.2) is 47.1 Å². The summed E-state index contributed by atoms with van der Waals surface area (Å²) >= 11 is 0. The van der Waals surface area contributed by atoms with E-state index in [2.05, 4.69) is 4.98 Å². The van der Waals surface area contributed by atoms with Crippen molar-refractivity contribution in [2.45, 2.75) is 38.7 Å². The van der Waals surface area contributed by atoms with Crippen LogP contribution in [0, 0.1) is 0 Å². The van der Waals surface area contributed by atoms with Crippen molar-refractivity contribution < 1.29 is 14.3 Å². The van der Waals surface area contributed by atoms with Crippen molar-refractivity contribution in [3.63, 3.8) is 0 Å². The van der Waals surface area contributed by atoms with Crippen molar-refractivity contribution in [1.29, 1.82) is 0 Å². The van der Waals surface area contributed by atoms with Crippen molar-refractivity contribution >= 4 is 16.9 Å². The highest BCUT2D eigenvalue weighted by molar-refractivity contribution is 5.95. The Hall–Kier alpha value is -3.02. The number of piperidine rings is 1. The normalized spacial score (nSPS) is 17.0. The molecule has 6 nitrogen and oxygen atoms in total. The van der Waals surface area contributed by atoms with Crippen LogP contribution >= 0.6 is 0 Å². The summed E-state index contributed by atoms with van der Waals surface area (Å²) in [6, 6.07) is 13.4. The smallest absolute Gasteiger partial charge is 0.254 e. The number of fused-ring (bicyclic) bond motifs is 1. The number of ether oxygens (including phenoxy) is 2. The number of amides is 1. The van der Waals surface area contributed by atoms with Gasteiger partial charge in [0, 0.05) is 24.6 Å². The van der Waals surface area contributed by atoms with Crippen molar-refractivity contribution in [1.82, 2.24) is 14.9 Å². The van der Waals surface area contributed by atoms with Crippen LogP contribution in [0.1, 0.15) is 48.8 Å². The number of nitrogens with zero attached hydrogens (tertiary/aromatic N) is 2. The zero-order chi connectivity index (χ0) is 20.4. The number of H-pyrrole nitrogens is 1. The van der Waals surface area contributed by atoms with Gasteiger partial charge in [-0.2, -0.15) is 0 Å². The molecule has 1 aliphatic heterocycles. The van der Waals surface area contributed by atoms with E-state index in [4.69, 9.17) is 14.5 Å². The number of hydrogen-bond acceptors (Lipinski definition) is 4. The number of nitrogens with one attached hydrogen (secondary N) is 1. The van der Waals surface area contributed by atoms with Gasteiger partial charge in [0.05, 0.1) is 24.2 Å². The summed E-state index contributed by atoms with van der Waals surface area (Å²) in [4.78, 5) is 23.2. The van der Waals surface area contributed by atoms with Crippen molar-refractivity contribution in [3.05, 3.63) is 53.9 Å². The monoisotopic (exact) mass is 393 g/mol. The third-order valence-corrected chi connectivity index (χ3v) is 5.28. The summed E-state index contributed by atoms with van der Waals surface area (Å²) in [5.74, 6) is 2.42. The minimum absolute atomic E-state index is 0.0141. The number of likely N-dealkylation sites (tertiary alicyclic amines) is 1. The van der Waals surface area contributed by atoms with E-state index < -0.39 is 0 Å². The van der Waals surface area contributed by atoms with Gasteiger partial charge in [-0.15, -0.1) is 0 Å². The second-order valence-corrected chi connectivity index (χ2v) is 7.76. The Balaban J connectivity index is 1.52. The minimum atomic E-state index is 0.0141. The van der Waals surface area contributed by atoms with Gasteiger partial charge in [0.15, 0.2) is 11.5 Å². The molecule has 6 heteroatoms. The summed E-state index contributed by atoms with van der Waals surface area (Å²) in [7, 11) is 1.59. The Bertz CT molecular complexity index is 979. The molecule has 0 saturated carbocycles. The molecule has 29 heavy (non-hydrogen) atoms. The predicted octanol–water partition coefficient (Wildman–Crippen LogP) is 4.38. The second-order valence-electron chi connectivity index (χ2n) is 7.76. The molecule has 1 aromatic heterocycles. The van der Waals surface area contributed by atoms with E-state index in [1.54, 1.807) is 13.2 Å². The largest absolute Gasteiger partial charge is 0.493 e. The molecular formula is C23H27N3O3. The van der Waals surface area contributed by atoms with Crippen LogP contribution < -0.4 is 9.47 Å². The average molecular weight is 393 g/mol. The number of para-hydroxylation sites is 2. The Morgan fingerprint density at radius 2 is 2.03 bits per heavy atom. The summed E-state index contributed by atoms with van der Waals surface area (Å²) in [6.45, 7) is 5.34. The zero-order valence-corrected chi connectivity index (χ0v) is 17.1. The molecule has 2 aromatic carbocycles. The Morgan fingerprint density at radius 1 is 1.21 bits per heavy atom. The van der Waals surface area contributed by atoms with Gasteiger partial charge in [0.2, 0.25) is 0 Å². The molecule has 0 unspecified atom stereocenters. The zero-order valence-electron chi connectivity index (χ0n) is 17.1. The van der Waals surface area contributed by atoms with Gasteiger partial charge in [-0.3, -0.25) is 4.79 Å². The van der Waals surface area contributed by atoms with Gasteiger partial charge in [0.1, 0.15) is 5.82 Å². The highest BCUT2D eigenvalue weighted by atomic mass is 16.5. The molecule has 152 valence electrons. The van der Waals surface area contributed by atoms with Crippen LogP contribution in [0.25, 0.3) is 11.0 Å². The minimum Gasteiger partial charge on any atom is -0.493 e. The van der Waals surface area contributed by atoms with Gasteiger partial charge in [-0.1, -0.05) is 12.1 Å². The van der Waals surface area contributed by atoms with E-state index >= 15 is 0 Å². The highest BCUT2D eigenvalue weighted by Gasteiger charge is 2.28. The molecule has 0 aliphatic carbocycles. The van der Waals surface area contributed by atoms with Gasteiger partial charge in [0.25, 0.3) is 5.91 Å². The number of benzene rings is 2. The number of methoxy groups -OCH3 is 1. The fourth-order valence-electron chi connectivity index (χ4n) is 3.89. The van der Waals surface area contributed by atoms with Crippen LogP contribution in [0.5, 0.6) is 11.5 Å². The van der Waals surface area contributed by atoms with Crippen molar-refractivity contribution in [2.75, 3.05) is 20.2 Å². The molecule has 0 bridgehead atoms.